The van der Waals surface area contributed by atoms with E-state index in [4.69, 9.17) is 5.11 Å². The van der Waals surface area contributed by atoms with Crippen LogP contribution in [0.2, 0.25) is 0 Å². The SMILES string of the molecule is Cc1cc(Nc2nccc(C(F)(F)F)n2)cc(-c2cc(C#N)cc(OC(=O)O)c2)c1. The van der Waals surface area contributed by atoms with Crippen LogP contribution in [0, 0.1) is 18.3 Å². The van der Waals surface area contributed by atoms with Crippen LogP contribution in [-0.2, 0) is 6.18 Å². The minimum absolute atomic E-state index is 0.0335. The molecule has 1 heterocycles. The van der Waals surface area contributed by atoms with Gasteiger partial charge in [-0.15, -0.1) is 0 Å². The molecule has 152 valence electrons. The van der Waals surface area contributed by atoms with E-state index >= 15 is 0 Å². The highest BCUT2D eigenvalue weighted by molar-refractivity contribution is 5.74. The molecule has 3 aromatic rings. The zero-order chi connectivity index (χ0) is 21.9. The molecule has 3 rings (SSSR count). The maximum atomic E-state index is 12.9. The van der Waals surface area contributed by atoms with E-state index in [1.165, 1.54) is 18.2 Å². The van der Waals surface area contributed by atoms with Crippen molar-refractivity contribution in [2.24, 2.45) is 0 Å². The first kappa shape index (κ1) is 20.6. The number of hydrogen-bond acceptors (Lipinski definition) is 6. The summed E-state index contributed by atoms with van der Waals surface area (Å²) in [6, 6.07) is 12.0. The third-order valence-electron chi connectivity index (χ3n) is 3.85. The molecule has 0 spiro atoms. The smallest absolute Gasteiger partial charge is 0.449 e. The number of carbonyl (C=O) groups is 1. The van der Waals surface area contributed by atoms with Gasteiger partial charge in [-0.2, -0.15) is 18.4 Å². The number of carboxylic acid groups (broad SMARTS) is 1. The lowest BCUT2D eigenvalue weighted by Crippen LogP contribution is -2.10. The van der Waals surface area contributed by atoms with Crippen molar-refractivity contribution in [3.63, 3.8) is 0 Å². The van der Waals surface area contributed by atoms with Gasteiger partial charge >= 0.3 is 12.3 Å². The number of benzene rings is 2. The Balaban J connectivity index is 1.99. The number of hydrogen-bond donors (Lipinski definition) is 2. The van der Waals surface area contributed by atoms with Gasteiger partial charge in [0.25, 0.3) is 0 Å². The summed E-state index contributed by atoms with van der Waals surface area (Å²) < 4.78 is 43.2. The molecule has 0 unspecified atom stereocenters. The number of nitrogens with zero attached hydrogens (tertiary/aromatic N) is 3. The Hall–Kier alpha value is -4.13. The lowest BCUT2D eigenvalue weighted by molar-refractivity contribution is -0.141. The van der Waals surface area contributed by atoms with Crippen molar-refractivity contribution in [2.75, 3.05) is 5.32 Å². The second-order valence-corrected chi connectivity index (χ2v) is 6.20. The zero-order valence-electron chi connectivity index (χ0n) is 15.4. The first-order valence-corrected chi connectivity index (χ1v) is 8.39. The molecule has 7 nitrogen and oxygen atoms in total. The van der Waals surface area contributed by atoms with Gasteiger partial charge in [-0.05, 0) is 60.0 Å². The minimum Gasteiger partial charge on any atom is -0.449 e. The summed E-state index contributed by atoms with van der Waals surface area (Å²) in [6.45, 7) is 1.77. The molecule has 10 heteroatoms. The van der Waals surface area contributed by atoms with E-state index in [0.717, 1.165) is 17.8 Å². The Morgan fingerprint density at radius 3 is 2.57 bits per heavy atom. The molecule has 2 N–H and O–H groups in total. The highest BCUT2D eigenvalue weighted by Crippen LogP contribution is 2.31. The van der Waals surface area contributed by atoms with E-state index < -0.39 is 18.0 Å². The van der Waals surface area contributed by atoms with Crippen LogP contribution in [0.25, 0.3) is 11.1 Å². The molecule has 0 atom stereocenters. The van der Waals surface area contributed by atoms with Gasteiger partial charge in [-0.1, -0.05) is 6.07 Å². The van der Waals surface area contributed by atoms with E-state index in [1.807, 2.05) is 6.07 Å². The van der Waals surface area contributed by atoms with Crippen LogP contribution < -0.4 is 10.1 Å². The van der Waals surface area contributed by atoms with Gasteiger partial charge in [-0.3, -0.25) is 0 Å². The third kappa shape index (κ3) is 5.02. The molecule has 0 saturated carbocycles. The average molecular weight is 414 g/mol. The first-order chi connectivity index (χ1) is 14.1. The molecule has 0 saturated heterocycles. The number of nitriles is 1. The standard InChI is InChI=1S/C20H13F3N4O3/c1-11-4-13(14-6-12(10-24)7-16(9-14)30-19(28)29)8-15(5-11)26-18-25-3-2-17(27-18)20(21,22)23/h2-9H,1H3,(H,28,29)(H,25,26,27). The van der Waals surface area contributed by atoms with Crippen molar-refractivity contribution in [3.05, 3.63) is 65.5 Å². The number of alkyl halides is 3. The molecular weight excluding hydrogens is 401 g/mol. The van der Waals surface area contributed by atoms with Crippen LogP contribution in [0.5, 0.6) is 5.75 Å². The Morgan fingerprint density at radius 2 is 1.90 bits per heavy atom. The van der Waals surface area contributed by atoms with E-state index in [-0.39, 0.29) is 17.3 Å². The van der Waals surface area contributed by atoms with Gasteiger partial charge in [0.1, 0.15) is 11.4 Å². The summed E-state index contributed by atoms with van der Waals surface area (Å²) >= 11 is 0. The van der Waals surface area contributed by atoms with Crippen molar-refractivity contribution in [1.82, 2.24) is 9.97 Å². The summed E-state index contributed by atoms with van der Waals surface area (Å²) in [4.78, 5) is 18.1. The number of ether oxygens (including phenoxy) is 1. The third-order valence-corrected chi connectivity index (χ3v) is 3.85. The average Bonchev–Trinajstić information content (AvgIpc) is 2.66. The van der Waals surface area contributed by atoms with Crippen molar-refractivity contribution >= 4 is 17.8 Å². The fourth-order valence-electron chi connectivity index (χ4n) is 2.72. The number of nitrogens with one attached hydrogen (secondary N) is 1. The molecule has 0 amide bonds. The van der Waals surface area contributed by atoms with Crippen LogP contribution >= 0.6 is 0 Å². The molecule has 0 radical (unpaired) electrons. The molecule has 0 aliphatic heterocycles. The summed E-state index contributed by atoms with van der Waals surface area (Å²) in [5.41, 5.74) is 1.34. The van der Waals surface area contributed by atoms with E-state index in [1.54, 1.807) is 25.1 Å². The van der Waals surface area contributed by atoms with Crippen molar-refractivity contribution in [3.8, 4) is 22.9 Å². The van der Waals surface area contributed by atoms with Crippen LogP contribution in [0.1, 0.15) is 16.8 Å². The summed E-state index contributed by atoms with van der Waals surface area (Å²) in [6.07, 6.45) is -5.12. The minimum atomic E-state index is -4.60. The summed E-state index contributed by atoms with van der Waals surface area (Å²) in [5, 5.41) is 20.7. The molecule has 30 heavy (non-hydrogen) atoms. The number of aryl methyl sites for hydroxylation is 1. The van der Waals surface area contributed by atoms with Crippen molar-refractivity contribution < 1.29 is 27.8 Å². The van der Waals surface area contributed by atoms with Gasteiger partial charge < -0.3 is 15.2 Å². The molecule has 0 aliphatic rings. The van der Waals surface area contributed by atoms with E-state index in [2.05, 4.69) is 20.0 Å². The largest absolute Gasteiger partial charge is 0.511 e. The van der Waals surface area contributed by atoms with Crippen LogP contribution in [0.15, 0.2) is 48.7 Å². The Kier molecular flexibility index (Phi) is 5.55. The number of halogens is 3. The Morgan fingerprint density at radius 1 is 1.17 bits per heavy atom. The van der Waals surface area contributed by atoms with E-state index in [0.29, 0.717) is 16.8 Å². The second-order valence-electron chi connectivity index (χ2n) is 6.20. The fourth-order valence-corrected chi connectivity index (χ4v) is 2.72. The van der Waals surface area contributed by atoms with Crippen molar-refractivity contribution in [1.29, 1.82) is 5.26 Å². The molecule has 0 fully saturated rings. The quantitative estimate of drug-likeness (QED) is 0.449. The molecule has 0 aliphatic carbocycles. The topological polar surface area (TPSA) is 108 Å². The second kappa shape index (κ2) is 8.08. The maximum absolute atomic E-state index is 12.9. The van der Waals surface area contributed by atoms with Crippen LogP contribution in [0.3, 0.4) is 0 Å². The van der Waals surface area contributed by atoms with Gasteiger partial charge in [0, 0.05) is 11.9 Å². The lowest BCUT2D eigenvalue weighted by atomic mass is 10.0. The summed E-state index contributed by atoms with van der Waals surface area (Å²) in [7, 11) is 0. The van der Waals surface area contributed by atoms with Gasteiger partial charge in [-0.25, -0.2) is 14.8 Å². The highest BCUT2D eigenvalue weighted by atomic mass is 19.4. The van der Waals surface area contributed by atoms with Gasteiger partial charge in [0.05, 0.1) is 11.6 Å². The fraction of sp³-hybridized carbons (Fsp3) is 0.100. The predicted molar refractivity (Wildman–Crippen MR) is 100 cm³/mol. The number of anilines is 2. The Labute approximate surface area is 168 Å². The molecular formula is C20H13F3N4O3. The van der Waals surface area contributed by atoms with Gasteiger partial charge in [0.2, 0.25) is 5.95 Å². The molecule has 2 aromatic carbocycles. The van der Waals surface area contributed by atoms with Crippen molar-refractivity contribution in [2.45, 2.75) is 13.1 Å². The molecule has 0 bridgehead atoms. The molecule has 1 aromatic heterocycles. The highest BCUT2D eigenvalue weighted by Gasteiger charge is 2.32. The van der Waals surface area contributed by atoms with Crippen LogP contribution in [-0.4, -0.2) is 21.2 Å². The monoisotopic (exact) mass is 414 g/mol. The normalized spacial score (nSPS) is 10.9. The first-order valence-electron chi connectivity index (χ1n) is 8.39. The predicted octanol–water partition coefficient (Wildman–Crippen LogP) is 5.14. The lowest BCUT2D eigenvalue weighted by Gasteiger charge is -2.12. The summed E-state index contributed by atoms with van der Waals surface area (Å²) in [5.74, 6) is -0.268. The zero-order valence-corrected chi connectivity index (χ0v) is 15.4. The van der Waals surface area contributed by atoms with Gasteiger partial charge in [0.15, 0.2) is 0 Å². The number of rotatable bonds is 4. The number of aromatic nitrogens is 2. The van der Waals surface area contributed by atoms with E-state index in [9.17, 15) is 23.2 Å². The maximum Gasteiger partial charge on any atom is 0.511 e. The Bertz CT molecular complexity index is 1160. The van der Waals surface area contributed by atoms with Crippen LogP contribution in [0.4, 0.5) is 29.6 Å².